The summed E-state index contributed by atoms with van der Waals surface area (Å²) in [6, 6.07) is -0.183. The predicted molar refractivity (Wildman–Crippen MR) is 70.7 cm³/mol. The second kappa shape index (κ2) is 6.69. The molecule has 1 atom stereocenters. The van der Waals surface area contributed by atoms with E-state index in [4.69, 9.17) is 10.5 Å². The first-order valence-corrected chi connectivity index (χ1v) is 5.68. The summed E-state index contributed by atoms with van der Waals surface area (Å²) in [5.41, 5.74) is 5.29. The van der Waals surface area contributed by atoms with E-state index in [9.17, 15) is 4.79 Å². The second-order valence-electron chi connectivity index (χ2n) is 5.00. The maximum atomic E-state index is 11.5. The topological polar surface area (TPSA) is 76.7 Å². The van der Waals surface area contributed by atoms with Crippen molar-refractivity contribution in [3.8, 4) is 0 Å². The molecule has 5 nitrogen and oxygen atoms in total. The number of nitrogens with zero attached hydrogens (tertiary/aromatic N) is 1. The first-order chi connectivity index (χ1) is 7.38. The SMILES string of the molecule is CC(C)(C)OC(=O)NC1CCCCN=C1N.Cl. The summed E-state index contributed by atoms with van der Waals surface area (Å²) in [5, 5.41) is 2.75. The third kappa shape index (κ3) is 6.36. The average Bonchev–Trinajstić information content (AvgIpc) is 2.29. The number of aliphatic imine (C=N–C) groups is 1. The predicted octanol–water partition coefficient (Wildman–Crippen LogP) is 1.84. The van der Waals surface area contributed by atoms with E-state index >= 15 is 0 Å². The Morgan fingerprint density at radius 3 is 2.71 bits per heavy atom. The van der Waals surface area contributed by atoms with Crippen LogP contribution >= 0.6 is 12.4 Å². The van der Waals surface area contributed by atoms with E-state index in [-0.39, 0.29) is 18.4 Å². The zero-order valence-corrected chi connectivity index (χ0v) is 11.5. The van der Waals surface area contributed by atoms with Crippen LogP contribution in [0.25, 0.3) is 0 Å². The van der Waals surface area contributed by atoms with Gasteiger partial charge in [0.15, 0.2) is 0 Å². The van der Waals surface area contributed by atoms with Crippen LogP contribution in [0.15, 0.2) is 4.99 Å². The van der Waals surface area contributed by atoms with E-state index in [0.29, 0.717) is 5.84 Å². The van der Waals surface area contributed by atoms with Crippen molar-refractivity contribution in [3.63, 3.8) is 0 Å². The largest absolute Gasteiger partial charge is 0.444 e. The summed E-state index contributed by atoms with van der Waals surface area (Å²) in [7, 11) is 0. The number of nitrogens with two attached hydrogens (primary N) is 1. The van der Waals surface area contributed by atoms with Gasteiger partial charge in [-0.1, -0.05) is 0 Å². The van der Waals surface area contributed by atoms with Crippen molar-refractivity contribution in [3.05, 3.63) is 0 Å². The molecule has 1 aliphatic heterocycles. The zero-order chi connectivity index (χ0) is 12.2. The van der Waals surface area contributed by atoms with Gasteiger partial charge in [-0.3, -0.25) is 4.99 Å². The number of carbonyl (C=O) groups excluding carboxylic acids is 1. The molecule has 0 spiro atoms. The Morgan fingerprint density at radius 2 is 2.12 bits per heavy atom. The van der Waals surface area contributed by atoms with Gasteiger partial charge in [-0.05, 0) is 40.0 Å². The normalized spacial score (nSPS) is 20.6. The van der Waals surface area contributed by atoms with E-state index in [1.54, 1.807) is 0 Å². The highest BCUT2D eigenvalue weighted by Gasteiger charge is 2.22. The maximum Gasteiger partial charge on any atom is 0.408 e. The Labute approximate surface area is 109 Å². The Bertz CT molecular complexity index is 287. The van der Waals surface area contributed by atoms with Crippen LogP contribution in [0, 0.1) is 0 Å². The van der Waals surface area contributed by atoms with Crippen LogP contribution in [0.2, 0.25) is 0 Å². The van der Waals surface area contributed by atoms with Gasteiger partial charge < -0.3 is 15.8 Å². The van der Waals surface area contributed by atoms with Gasteiger partial charge in [0.2, 0.25) is 0 Å². The first-order valence-electron chi connectivity index (χ1n) is 5.68. The summed E-state index contributed by atoms with van der Waals surface area (Å²) in [5.74, 6) is 0.503. The number of hydrogen-bond donors (Lipinski definition) is 2. The molecule has 1 unspecified atom stereocenters. The van der Waals surface area contributed by atoms with Crippen LogP contribution in [0.1, 0.15) is 40.0 Å². The fraction of sp³-hybridized carbons (Fsp3) is 0.818. The van der Waals surface area contributed by atoms with E-state index < -0.39 is 11.7 Å². The van der Waals surface area contributed by atoms with Crippen molar-refractivity contribution in [1.29, 1.82) is 0 Å². The standard InChI is InChI=1S/C11H21N3O2.ClH/c1-11(2,3)16-10(15)14-8-6-4-5-7-13-9(8)12;/h8H,4-7H2,1-3H3,(H2,12,13)(H,14,15);1H. The highest BCUT2D eigenvalue weighted by atomic mass is 35.5. The molecular weight excluding hydrogens is 242 g/mol. The number of amides is 1. The number of hydrogen-bond acceptors (Lipinski definition) is 4. The van der Waals surface area contributed by atoms with Gasteiger partial charge in [-0.2, -0.15) is 0 Å². The molecule has 0 bridgehead atoms. The maximum absolute atomic E-state index is 11.5. The molecule has 0 saturated heterocycles. The number of ether oxygens (including phenoxy) is 1. The highest BCUT2D eigenvalue weighted by molar-refractivity contribution is 5.89. The van der Waals surface area contributed by atoms with Crippen LogP contribution < -0.4 is 11.1 Å². The number of halogens is 1. The molecule has 0 aromatic heterocycles. The highest BCUT2D eigenvalue weighted by Crippen LogP contribution is 2.10. The van der Waals surface area contributed by atoms with Crippen molar-refractivity contribution >= 4 is 24.3 Å². The lowest BCUT2D eigenvalue weighted by molar-refractivity contribution is 0.0516. The summed E-state index contributed by atoms with van der Waals surface area (Å²) in [4.78, 5) is 15.7. The van der Waals surface area contributed by atoms with Crippen molar-refractivity contribution in [1.82, 2.24) is 5.32 Å². The zero-order valence-electron chi connectivity index (χ0n) is 10.7. The summed E-state index contributed by atoms with van der Waals surface area (Å²) >= 11 is 0. The van der Waals surface area contributed by atoms with Crippen LogP contribution in [-0.2, 0) is 4.74 Å². The fourth-order valence-electron chi connectivity index (χ4n) is 1.52. The Kier molecular flexibility index (Phi) is 6.31. The lowest BCUT2D eigenvalue weighted by Gasteiger charge is -2.22. The summed E-state index contributed by atoms with van der Waals surface area (Å²) in [6.45, 7) is 6.24. The van der Waals surface area contributed by atoms with Crippen molar-refractivity contribution in [2.24, 2.45) is 10.7 Å². The molecule has 0 saturated carbocycles. The molecule has 0 radical (unpaired) electrons. The fourth-order valence-corrected chi connectivity index (χ4v) is 1.52. The molecule has 0 aromatic rings. The smallest absolute Gasteiger partial charge is 0.408 e. The van der Waals surface area contributed by atoms with E-state index in [1.165, 1.54) is 0 Å². The van der Waals surface area contributed by atoms with Crippen molar-refractivity contribution in [2.75, 3.05) is 6.54 Å². The van der Waals surface area contributed by atoms with Crippen molar-refractivity contribution in [2.45, 2.75) is 51.7 Å². The summed E-state index contributed by atoms with van der Waals surface area (Å²) in [6.07, 6.45) is 2.43. The minimum absolute atomic E-state index is 0. The quantitative estimate of drug-likeness (QED) is 0.758. The molecule has 6 heteroatoms. The van der Waals surface area contributed by atoms with Gasteiger partial charge in [-0.25, -0.2) is 4.79 Å². The van der Waals surface area contributed by atoms with E-state index in [2.05, 4.69) is 10.3 Å². The molecule has 100 valence electrons. The number of alkyl carbamates (subject to hydrolysis) is 1. The van der Waals surface area contributed by atoms with Crippen LogP contribution in [-0.4, -0.2) is 30.1 Å². The third-order valence-electron chi connectivity index (χ3n) is 2.24. The van der Waals surface area contributed by atoms with Crippen LogP contribution in [0.4, 0.5) is 4.79 Å². The Hall–Kier alpha value is -0.970. The lowest BCUT2D eigenvalue weighted by atomic mass is 10.1. The number of carbonyl (C=O) groups is 1. The van der Waals surface area contributed by atoms with E-state index in [1.807, 2.05) is 20.8 Å². The summed E-state index contributed by atoms with van der Waals surface area (Å²) < 4.78 is 5.17. The van der Waals surface area contributed by atoms with Gasteiger partial charge in [0, 0.05) is 6.54 Å². The van der Waals surface area contributed by atoms with Crippen LogP contribution in [0.3, 0.4) is 0 Å². The van der Waals surface area contributed by atoms with Gasteiger partial charge in [0.25, 0.3) is 0 Å². The minimum Gasteiger partial charge on any atom is -0.444 e. The number of nitrogens with one attached hydrogen (secondary N) is 1. The van der Waals surface area contributed by atoms with Gasteiger partial charge >= 0.3 is 6.09 Å². The van der Waals surface area contributed by atoms with Gasteiger partial charge in [-0.15, -0.1) is 12.4 Å². The molecule has 0 fully saturated rings. The Morgan fingerprint density at radius 1 is 1.47 bits per heavy atom. The molecular formula is C11H22ClN3O2. The number of rotatable bonds is 1. The molecule has 1 aliphatic rings. The molecule has 1 rings (SSSR count). The molecule has 17 heavy (non-hydrogen) atoms. The molecule has 1 heterocycles. The lowest BCUT2D eigenvalue weighted by Crippen LogP contribution is -2.46. The first kappa shape index (κ1) is 16.0. The molecule has 0 aliphatic carbocycles. The van der Waals surface area contributed by atoms with Crippen LogP contribution in [0.5, 0.6) is 0 Å². The molecule has 0 aromatic carbocycles. The monoisotopic (exact) mass is 263 g/mol. The van der Waals surface area contributed by atoms with E-state index in [0.717, 1.165) is 25.8 Å². The third-order valence-corrected chi connectivity index (χ3v) is 2.24. The molecule has 3 N–H and O–H groups in total. The Balaban J connectivity index is 0.00000256. The van der Waals surface area contributed by atoms with Gasteiger partial charge in [0.1, 0.15) is 11.4 Å². The second-order valence-corrected chi connectivity index (χ2v) is 5.00. The molecule has 1 amide bonds. The minimum atomic E-state index is -0.485. The number of amidine groups is 1. The van der Waals surface area contributed by atoms with Crippen molar-refractivity contribution < 1.29 is 9.53 Å². The van der Waals surface area contributed by atoms with Gasteiger partial charge in [0.05, 0.1) is 6.04 Å². The average molecular weight is 264 g/mol.